The van der Waals surface area contributed by atoms with Crippen molar-refractivity contribution in [3.05, 3.63) is 35.9 Å². The lowest BCUT2D eigenvalue weighted by molar-refractivity contribution is -0.344. The third kappa shape index (κ3) is 11.9. The van der Waals surface area contributed by atoms with Crippen molar-refractivity contribution < 1.29 is 52.5 Å². The number of hydrogen-bond acceptors (Lipinski definition) is 11. The number of hydrogen-bond donors (Lipinski definition) is 2. The molecule has 0 aromatic heterocycles. The average Bonchev–Trinajstić information content (AvgIpc) is 2.96. The molecule has 2 saturated heterocycles. The molecule has 2 aliphatic rings. The summed E-state index contributed by atoms with van der Waals surface area (Å²) in [6, 6.07) is 8.65. The first-order chi connectivity index (χ1) is 19.6. The second-order valence-electron chi connectivity index (χ2n) is 9.06. The van der Waals surface area contributed by atoms with Gasteiger partial charge in [-0.25, -0.2) is 0 Å². The van der Waals surface area contributed by atoms with E-state index in [2.05, 4.69) is 21.2 Å². The Kier molecular flexibility index (Phi) is 16.5. The van der Waals surface area contributed by atoms with Crippen LogP contribution in [-0.4, -0.2) is 126 Å². The first kappa shape index (κ1) is 33.3. The number of halogens is 1. The van der Waals surface area contributed by atoms with Crippen LogP contribution in [0.5, 0.6) is 0 Å². The predicted molar refractivity (Wildman–Crippen MR) is 146 cm³/mol. The highest BCUT2D eigenvalue weighted by atomic mass is 79.9. The van der Waals surface area contributed by atoms with Gasteiger partial charge in [-0.3, -0.25) is 4.79 Å². The van der Waals surface area contributed by atoms with Crippen molar-refractivity contribution in [2.24, 2.45) is 0 Å². The summed E-state index contributed by atoms with van der Waals surface area (Å²) in [5, 5.41) is 14.6. The van der Waals surface area contributed by atoms with Gasteiger partial charge in [0.2, 0.25) is 5.91 Å². The molecule has 1 aromatic rings. The fourth-order valence-corrected chi connectivity index (χ4v) is 4.39. The zero-order chi connectivity index (χ0) is 28.4. The van der Waals surface area contributed by atoms with E-state index >= 15 is 0 Å². The van der Waals surface area contributed by atoms with Crippen molar-refractivity contribution in [1.82, 2.24) is 5.32 Å². The highest BCUT2D eigenvalue weighted by molar-refractivity contribution is 9.09. The van der Waals surface area contributed by atoms with E-state index in [1.54, 1.807) is 0 Å². The Labute approximate surface area is 243 Å². The SMILES string of the molecule is CC(=O)N[C@H]1[C@H](OCCOCCOCCOCCOCCOCCBr)O[C@@H]2COC(c3ccccc3)O[C@H]2[C@@H]1O. The van der Waals surface area contributed by atoms with Crippen LogP contribution in [0.1, 0.15) is 18.8 Å². The molecule has 2 aliphatic heterocycles. The molecule has 0 spiro atoms. The molecule has 2 fully saturated rings. The topological polar surface area (TPSA) is 132 Å². The molecule has 1 aromatic carbocycles. The van der Waals surface area contributed by atoms with Gasteiger partial charge in [-0.05, 0) is 0 Å². The molecule has 1 amide bonds. The zero-order valence-electron chi connectivity index (χ0n) is 23.0. The van der Waals surface area contributed by atoms with Crippen molar-refractivity contribution >= 4 is 21.8 Å². The number of benzene rings is 1. The van der Waals surface area contributed by atoms with Crippen LogP contribution in [0.25, 0.3) is 0 Å². The molecular weight excluding hydrogens is 594 g/mol. The van der Waals surface area contributed by atoms with Crippen LogP contribution in [0.15, 0.2) is 30.3 Å². The van der Waals surface area contributed by atoms with Crippen LogP contribution in [0.2, 0.25) is 0 Å². The van der Waals surface area contributed by atoms with E-state index in [-0.39, 0.29) is 25.7 Å². The van der Waals surface area contributed by atoms with Gasteiger partial charge in [0.1, 0.15) is 24.4 Å². The molecule has 2 N–H and O–H groups in total. The molecule has 0 aliphatic carbocycles. The molecule has 13 heteroatoms. The zero-order valence-corrected chi connectivity index (χ0v) is 24.5. The summed E-state index contributed by atoms with van der Waals surface area (Å²) >= 11 is 3.29. The largest absolute Gasteiger partial charge is 0.388 e. The van der Waals surface area contributed by atoms with Gasteiger partial charge in [0, 0.05) is 17.8 Å². The number of nitrogens with one attached hydrogen (secondary N) is 1. The van der Waals surface area contributed by atoms with Crippen LogP contribution in [-0.2, 0) is 47.4 Å². The Morgan fingerprint density at radius 1 is 0.875 bits per heavy atom. The normalized spacial score (nSPS) is 26.4. The maximum atomic E-state index is 11.8. The van der Waals surface area contributed by atoms with Gasteiger partial charge >= 0.3 is 0 Å². The van der Waals surface area contributed by atoms with Crippen molar-refractivity contribution in [2.45, 2.75) is 43.9 Å². The van der Waals surface area contributed by atoms with Crippen LogP contribution in [0.4, 0.5) is 0 Å². The van der Waals surface area contributed by atoms with E-state index < -0.39 is 36.9 Å². The van der Waals surface area contributed by atoms with Crippen LogP contribution >= 0.6 is 15.9 Å². The summed E-state index contributed by atoms with van der Waals surface area (Å²) in [5.74, 6) is -0.313. The van der Waals surface area contributed by atoms with E-state index in [9.17, 15) is 9.90 Å². The van der Waals surface area contributed by atoms with Crippen molar-refractivity contribution in [2.75, 3.05) is 84.6 Å². The molecule has 1 unspecified atom stereocenters. The van der Waals surface area contributed by atoms with E-state index in [1.165, 1.54) is 6.92 Å². The van der Waals surface area contributed by atoms with Gasteiger partial charge in [0.25, 0.3) is 0 Å². The Balaban J connectivity index is 1.25. The van der Waals surface area contributed by atoms with Crippen LogP contribution in [0.3, 0.4) is 0 Å². The smallest absolute Gasteiger partial charge is 0.217 e. The number of carbonyl (C=O) groups excluding carboxylic acids is 1. The molecule has 0 bridgehead atoms. The molecule has 3 rings (SSSR count). The lowest BCUT2D eigenvalue weighted by Gasteiger charge is -2.47. The second-order valence-corrected chi connectivity index (χ2v) is 9.85. The Morgan fingerprint density at radius 2 is 1.43 bits per heavy atom. The monoisotopic (exact) mass is 635 g/mol. The molecule has 0 radical (unpaired) electrons. The first-order valence-corrected chi connectivity index (χ1v) is 14.7. The van der Waals surface area contributed by atoms with Crippen LogP contribution in [0, 0.1) is 0 Å². The minimum Gasteiger partial charge on any atom is -0.388 e. The minimum absolute atomic E-state index is 0.198. The number of ether oxygens (including phenoxy) is 9. The number of carbonyl (C=O) groups is 1. The highest BCUT2D eigenvalue weighted by Crippen LogP contribution is 2.34. The molecule has 6 atom stereocenters. The van der Waals surface area contributed by atoms with Crippen molar-refractivity contribution in [3.8, 4) is 0 Å². The summed E-state index contributed by atoms with van der Waals surface area (Å²) in [6.07, 6.45) is -3.81. The summed E-state index contributed by atoms with van der Waals surface area (Å²) in [5.41, 5.74) is 0.837. The number of alkyl halides is 1. The van der Waals surface area contributed by atoms with E-state index in [4.69, 9.17) is 42.6 Å². The maximum absolute atomic E-state index is 11.8. The van der Waals surface area contributed by atoms with Crippen molar-refractivity contribution in [3.63, 3.8) is 0 Å². The summed E-state index contributed by atoms with van der Waals surface area (Å²) in [4.78, 5) is 11.8. The van der Waals surface area contributed by atoms with E-state index in [0.29, 0.717) is 59.5 Å². The molecule has 12 nitrogen and oxygen atoms in total. The summed E-state index contributed by atoms with van der Waals surface area (Å²) in [6.45, 7) is 6.62. The third-order valence-electron chi connectivity index (χ3n) is 6.03. The molecule has 228 valence electrons. The van der Waals surface area contributed by atoms with Gasteiger partial charge in [0.05, 0.1) is 79.3 Å². The number of aliphatic hydroxyl groups is 1. The third-order valence-corrected chi connectivity index (χ3v) is 6.35. The van der Waals surface area contributed by atoms with Gasteiger partial charge in [-0.2, -0.15) is 0 Å². The highest BCUT2D eigenvalue weighted by Gasteiger charge is 2.50. The van der Waals surface area contributed by atoms with Gasteiger partial charge < -0.3 is 53.1 Å². The second kappa shape index (κ2) is 19.8. The van der Waals surface area contributed by atoms with Gasteiger partial charge in [-0.1, -0.05) is 46.3 Å². The molecule has 40 heavy (non-hydrogen) atoms. The Morgan fingerprint density at radius 3 is 1.98 bits per heavy atom. The fourth-order valence-electron chi connectivity index (χ4n) is 4.16. The quantitative estimate of drug-likeness (QED) is 0.158. The van der Waals surface area contributed by atoms with Gasteiger partial charge in [-0.15, -0.1) is 0 Å². The van der Waals surface area contributed by atoms with E-state index in [1.807, 2.05) is 30.3 Å². The number of amides is 1. The summed E-state index contributed by atoms with van der Waals surface area (Å²) in [7, 11) is 0. The Bertz CT molecular complexity index is 808. The Hall–Kier alpha value is -1.23. The fraction of sp³-hybridized carbons (Fsp3) is 0.741. The number of fused-ring (bicyclic) bond motifs is 1. The summed E-state index contributed by atoms with van der Waals surface area (Å²) < 4.78 is 50.9. The number of aliphatic hydroxyl groups excluding tert-OH is 1. The van der Waals surface area contributed by atoms with Gasteiger partial charge in [0.15, 0.2) is 12.6 Å². The van der Waals surface area contributed by atoms with Crippen molar-refractivity contribution in [1.29, 1.82) is 0 Å². The average molecular weight is 637 g/mol. The maximum Gasteiger partial charge on any atom is 0.217 e. The molecular formula is C27H42BrNO11. The lowest BCUT2D eigenvalue weighted by atomic mass is 9.95. The lowest BCUT2D eigenvalue weighted by Crippen LogP contribution is -2.66. The first-order valence-electron chi connectivity index (χ1n) is 13.6. The number of rotatable bonds is 20. The predicted octanol–water partition coefficient (Wildman–Crippen LogP) is 1.19. The molecule has 0 saturated carbocycles. The molecule has 2 heterocycles. The minimum atomic E-state index is -1.05. The van der Waals surface area contributed by atoms with Crippen LogP contribution < -0.4 is 5.32 Å². The standard InChI is InChI=1S/C27H42BrNO11/c1-20(30)29-23-24(31)25-22(19-38-26(40-25)21-5-3-2-4-6-21)39-27(23)37-18-17-36-16-15-35-14-13-34-12-11-33-10-9-32-8-7-28/h2-6,22-27,31H,7-19H2,1H3,(H,29,30)/t22-,23-,24-,25-,26?,27-/m1/s1. The van der Waals surface area contributed by atoms with E-state index in [0.717, 1.165) is 10.9 Å².